The van der Waals surface area contributed by atoms with E-state index in [0.29, 0.717) is 36.7 Å². The molecule has 0 fully saturated rings. The molecule has 0 unspecified atom stereocenters. The summed E-state index contributed by atoms with van der Waals surface area (Å²) in [6.07, 6.45) is 0. The molecule has 0 bridgehead atoms. The van der Waals surface area contributed by atoms with E-state index < -0.39 is 0 Å². The van der Waals surface area contributed by atoms with Crippen molar-refractivity contribution < 1.29 is 19.1 Å². The number of likely N-dealkylation sites (N-methyl/N-ethyl adjacent to an activating group) is 1. The molecule has 1 aromatic carbocycles. The van der Waals surface area contributed by atoms with Crippen LogP contribution in [0.15, 0.2) is 18.2 Å². The first-order chi connectivity index (χ1) is 11.4. The molecule has 0 saturated carbocycles. The SMILES string of the molecule is COc1cccc(OC)c1C(=O)NCCN(CCN(C)C)C(C)=O. The first-order valence-electron chi connectivity index (χ1n) is 7.80. The molecule has 0 aliphatic carbocycles. The van der Waals surface area contributed by atoms with Gasteiger partial charge in [-0.25, -0.2) is 0 Å². The Morgan fingerprint density at radius 2 is 1.62 bits per heavy atom. The predicted octanol–water partition coefficient (Wildman–Crippen LogP) is 0.844. The average molecular weight is 337 g/mol. The summed E-state index contributed by atoms with van der Waals surface area (Å²) in [5.74, 6) is 0.590. The van der Waals surface area contributed by atoms with Crippen molar-refractivity contribution in [1.82, 2.24) is 15.1 Å². The normalized spacial score (nSPS) is 10.4. The van der Waals surface area contributed by atoms with Crippen LogP contribution in [0.3, 0.4) is 0 Å². The van der Waals surface area contributed by atoms with Gasteiger partial charge in [-0.3, -0.25) is 9.59 Å². The molecular weight excluding hydrogens is 310 g/mol. The fourth-order valence-corrected chi connectivity index (χ4v) is 2.22. The maximum Gasteiger partial charge on any atom is 0.258 e. The van der Waals surface area contributed by atoms with Crippen LogP contribution in [0.1, 0.15) is 17.3 Å². The summed E-state index contributed by atoms with van der Waals surface area (Å²) in [5, 5.41) is 2.81. The number of amides is 2. The van der Waals surface area contributed by atoms with Crippen molar-refractivity contribution in [2.45, 2.75) is 6.92 Å². The largest absolute Gasteiger partial charge is 0.496 e. The lowest BCUT2D eigenvalue weighted by Gasteiger charge is -2.23. The van der Waals surface area contributed by atoms with Gasteiger partial charge in [0.25, 0.3) is 5.91 Å². The lowest BCUT2D eigenvalue weighted by atomic mass is 10.1. The van der Waals surface area contributed by atoms with Crippen LogP contribution < -0.4 is 14.8 Å². The molecule has 24 heavy (non-hydrogen) atoms. The average Bonchev–Trinajstić information content (AvgIpc) is 2.56. The summed E-state index contributed by atoms with van der Waals surface area (Å²) in [6.45, 7) is 3.73. The van der Waals surface area contributed by atoms with Gasteiger partial charge in [-0.15, -0.1) is 0 Å². The summed E-state index contributed by atoms with van der Waals surface area (Å²) < 4.78 is 10.5. The minimum atomic E-state index is -0.291. The molecule has 1 aromatic rings. The van der Waals surface area contributed by atoms with Crippen molar-refractivity contribution >= 4 is 11.8 Å². The van der Waals surface area contributed by atoms with Crippen molar-refractivity contribution in [3.8, 4) is 11.5 Å². The van der Waals surface area contributed by atoms with Crippen LogP contribution in [0, 0.1) is 0 Å². The van der Waals surface area contributed by atoms with Crippen LogP contribution in [0.2, 0.25) is 0 Å². The Labute approximate surface area is 143 Å². The standard InChI is InChI=1S/C17H27N3O4/c1-13(21)20(12-11-19(2)3)10-9-18-17(22)16-14(23-4)7-6-8-15(16)24-5/h6-8H,9-12H2,1-5H3,(H,18,22). The smallest absolute Gasteiger partial charge is 0.258 e. The van der Waals surface area contributed by atoms with E-state index in [-0.39, 0.29) is 11.8 Å². The van der Waals surface area contributed by atoms with Crippen LogP contribution in [0.25, 0.3) is 0 Å². The first kappa shape index (κ1) is 19.8. The first-order valence-corrected chi connectivity index (χ1v) is 7.80. The molecule has 134 valence electrons. The second-order valence-electron chi connectivity index (χ2n) is 5.60. The second-order valence-corrected chi connectivity index (χ2v) is 5.60. The van der Waals surface area contributed by atoms with Gasteiger partial charge in [0.15, 0.2) is 0 Å². The van der Waals surface area contributed by atoms with E-state index in [1.165, 1.54) is 21.1 Å². The number of hydrogen-bond acceptors (Lipinski definition) is 5. The highest BCUT2D eigenvalue weighted by molar-refractivity contribution is 5.99. The van der Waals surface area contributed by atoms with E-state index in [9.17, 15) is 9.59 Å². The number of rotatable bonds is 9. The molecule has 0 aromatic heterocycles. The van der Waals surface area contributed by atoms with Gasteiger partial charge in [0, 0.05) is 33.1 Å². The second kappa shape index (κ2) is 9.77. The van der Waals surface area contributed by atoms with Crippen LogP contribution in [0.5, 0.6) is 11.5 Å². The molecule has 7 nitrogen and oxygen atoms in total. The summed E-state index contributed by atoms with van der Waals surface area (Å²) in [6, 6.07) is 5.17. The summed E-state index contributed by atoms with van der Waals surface area (Å²) in [7, 11) is 6.91. The molecule has 7 heteroatoms. The summed E-state index contributed by atoms with van der Waals surface area (Å²) in [4.78, 5) is 27.8. The third-order valence-corrected chi connectivity index (χ3v) is 3.58. The number of hydrogen-bond donors (Lipinski definition) is 1. The number of methoxy groups -OCH3 is 2. The maximum atomic E-state index is 12.4. The Balaban J connectivity index is 2.67. The lowest BCUT2D eigenvalue weighted by molar-refractivity contribution is -0.128. The van der Waals surface area contributed by atoms with Gasteiger partial charge in [-0.1, -0.05) is 6.07 Å². The quantitative estimate of drug-likeness (QED) is 0.723. The molecule has 0 saturated heterocycles. The van der Waals surface area contributed by atoms with Gasteiger partial charge in [-0.2, -0.15) is 0 Å². The molecule has 1 N–H and O–H groups in total. The lowest BCUT2D eigenvalue weighted by Crippen LogP contribution is -2.40. The molecule has 0 heterocycles. The van der Waals surface area contributed by atoms with Crippen molar-refractivity contribution in [2.24, 2.45) is 0 Å². The highest BCUT2D eigenvalue weighted by atomic mass is 16.5. The van der Waals surface area contributed by atoms with E-state index in [2.05, 4.69) is 5.32 Å². The molecular formula is C17H27N3O4. The van der Waals surface area contributed by atoms with E-state index >= 15 is 0 Å². The molecule has 2 amide bonds. The molecule has 0 aliphatic rings. The molecule has 0 radical (unpaired) electrons. The monoisotopic (exact) mass is 337 g/mol. The van der Waals surface area contributed by atoms with Crippen LogP contribution in [-0.4, -0.2) is 76.1 Å². The van der Waals surface area contributed by atoms with Crippen molar-refractivity contribution in [2.75, 3.05) is 54.5 Å². The van der Waals surface area contributed by atoms with E-state index in [1.54, 1.807) is 23.1 Å². The van der Waals surface area contributed by atoms with Crippen LogP contribution >= 0.6 is 0 Å². The van der Waals surface area contributed by atoms with E-state index in [1.807, 2.05) is 19.0 Å². The zero-order valence-electron chi connectivity index (χ0n) is 15.1. The van der Waals surface area contributed by atoms with Gasteiger partial charge in [-0.05, 0) is 26.2 Å². The van der Waals surface area contributed by atoms with Crippen molar-refractivity contribution in [1.29, 1.82) is 0 Å². The number of benzene rings is 1. The van der Waals surface area contributed by atoms with Gasteiger partial charge in [0.05, 0.1) is 14.2 Å². The van der Waals surface area contributed by atoms with Crippen LogP contribution in [0.4, 0.5) is 0 Å². The summed E-state index contributed by atoms with van der Waals surface area (Å²) in [5.41, 5.74) is 0.352. The Kier molecular flexibility index (Phi) is 8.05. The topological polar surface area (TPSA) is 71.1 Å². The molecule has 0 atom stereocenters. The number of carbonyl (C=O) groups excluding carboxylic acids is 2. The number of nitrogens with one attached hydrogen (secondary N) is 1. The highest BCUT2D eigenvalue weighted by Gasteiger charge is 2.18. The number of nitrogens with zero attached hydrogens (tertiary/aromatic N) is 2. The maximum absolute atomic E-state index is 12.4. The third kappa shape index (κ3) is 5.73. The molecule has 0 spiro atoms. The predicted molar refractivity (Wildman–Crippen MR) is 92.7 cm³/mol. The summed E-state index contributed by atoms with van der Waals surface area (Å²) >= 11 is 0. The van der Waals surface area contributed by atoms with Crippen LogP contribution in [-0.2, 0) is 4.79 Å². The van der Waals surface area contributed by atoms with E-state index in [4.69, 9.17) is 9.47 Å². The van der Waals surface area contributed by atoms with Gasteiger partial charge in [0.1, 0.15) is 17.1 Å². The Bertz CT molecular complexity index is 539. The Morgan fingerprint density at radius 1 is 1.04 bits per heavy atom. The molecule has 0 aliphatic heterocycles. The Hall–Kier alpha value is -2.28. The minimum Gasteiger partial charge on any atom is -0.496 e. The number of carbonyl (C=O) groups is 2. The zero-order chi connectivity index (χ0) is 18.1. The van der Waals surface area contributed by atoms with Crippen molar-refractivity contribution in [3.63, 3.8) is 0 Å². The highest BCUT2D eigenvalue weighted by Crippen LogP contribution is 2.27. The number of ether oxygens (including phenoxy) is 2. The van der Waals surface area contributed by atoms with Gasteiger partial charge >= 0.3 is 0 Å². The Morgan fingerprint density at radius 3 is 2.08 bits per heavy atom. The van der Waals surface area contributed by atoms with Gasteiger partial charge in [0.2, 0.25) is 5.91 Å². The fourth-order valence-electron chi connectivity index (χ4n) is 2.22. The van der Waals surface area contributed by atoms with Crippen molar-refractivity contribution in [3.05, 3.63) is 23.8 Å². The molecule has 1 rings (SSSR count). The van der Waals surface area contributed by atoms with Gasteiger partial charge < -0.3 is 24.6 Å². The fraction of sp³-hybridized carbons (Fsp3) is 0.529. The third-order valence-electron chi connectivity index (χ3n) is 3.58. The minimum absolute atomic E-state index is 0.0130. The zero-order valence-corrected chi connectivity index (χ0v) is 15.1. The van der Waals surface area contributed by atoms with E-state index in [0.717, 1.165) is 6.54 Å².